The summed E-state index contributed by atoms with van der Waals surface area (Å²) in [4.78, 5) is 11.0. The molecule has 0 aliphatic heterocycles. The lowest BCUT2D eigenvalue weighted by atomic mass is 10.0. The molecule has 0 spiro atoms. The van der Waals surface area contributed by atoms with Crippen LogP contribution in [0.5, 0.6) is 0 Å². The summed E-state index contributed by atoms with van der Waals surface area (Å²) in [5, 5.41) is 12.3. The highest BCUT2D eigenvalue weighted by atomic mass is 19.1. The summed E-state index contributed by atoms with van der Waals surface area (Å²) in [7, 11) is 0. The molecule has 0 aromatic heterocycles. The van der Waals surface area contributed by atoms with Crippen LogP contribution < -0.4 is 5.32 Å². The van der Waals surface area contributed by atoms with Crippen LogP contribution in [-0.4, -0.2) is 17.1 Å². The van der Waals surface area contributed by atoms with Gasteiger partial charge in [0.25, 0.3) is 0 Å². The fraction of sp³-hybridized carbons (Fsp3) is 0.235. The standard InChI is InChI=1S/C17H18FNO2/c18-15-8-6-13(7-9-15)10-16(11-17(20)21)19-12-14-4-2-1-3-5-14/h1-9,16,19H,10-12H2,(H,20,21)/t16-/m0/s1. The van der Waals surface area contributed by atoms with E-state index in [0.29, 0.717) is 13.0 Å². The fourth-order valence-electron chi connectivity index (χ4n) is 2.19. The number of carbonyl (C=O) groups is 1. The number of benzene rings is 2. The number of hydrogen-bond donors (Lipinski definition) is 2. The molecule has 2 aromatic carbocycles. The lowest BCUT2D eigenvalue weighted by Gasteiger charge is -2.17. The highest BCUT2D eigenvalue weighted by molar-refractivity contribution is 5.67. The van der Waals surface area contributed by atoms with Crippen molar-refractivity contribution in [1.82, 2.24) is 5.32 Å². The van der Waals surface area contributed by atoms with Crippen LogP contribution in [0.15, 0.2) is 54.6 Å². The van der Waals surface area contributed by atoms with Crippen LogP contribution in [-0.2, 0) is 17.8 Å². The molecular formula is C17H18FNO2. The predicted molar refractivity (Wildman–Crippen MR) is 79.4 cm³/mol. The van der Waals surface area contributed by atoms with Crippen molar-refractivity contribution >= 4 is 5.97 Å². The summed E-state index contributed by atoms with van der Waals surface area (Å²) in [6, 6.07) is 15.8. The van der Waals surface area contributed by atoms with Crippen LogP contribution in [0.25, 0.3) is 0 Å². The second-order valence-electron chi connectivity index (χ2n) is 4.99. The first-order chi connectivity index (χ1) is 10.1. The van der Waals surface area contributed by atoms with Gasteiger partial charge in [-0.1, -0.05) is 42.5 Å². The molecule has 3 nitrogen and oxygen atoms in total. The highest BCUT2D eigenvalue weighted by Crippen LogP contribution is 2.09. The van der Waals surface area contributed by atoms with Gasteiger partial charge in [-0.05, 0) is 29.7 Å². The third kappa shape index (κ3) is 5.36. The van der Waals surface area contributed by atoms with Gasteiger partial charge in [-0.3, -0.25) is 4.79 Å². The Morgan fingerprint density at radius 3 is 2.33 bits per heavy atom. The number of rotatable bonds is 7. The zero-order chi connectivity index (χ0) is 15.1. The molecule has 1 atom stereocenters. The minimum atomic E-state index is -0.845. The molecule has 0 unspecified atom stereocenters. The largest absolute Gasteiger partial charge is 0.481 e. The molecule has 0 amide bonds. The third-order valence-corrected chi connectivity index (χ3v) is 3.25. The van der Waals surface area contributed by atoms with Crippen molar-refractivity contribution < 1.29 is 14.3 Å². The zero-order valence-corrected chi connectivity index (χ0v) is 11.6. The van der Waals surface area contributed by atoms with E-state index in [1.54, 1.807) is 12.1 Å². The van der Waals surface area contributed by atoms with Crippen molar-refractivity contribution in [2.75, 3.05) is 0 Å². The highest BCUT2D eigenvalue weighted by Gasteiger charge is 2.13. The molecule has 2 rings (SSSR count). The first kappa shape index (κ1) is 15.2. The van der Waals surface area contributed by atoms with Gasteiger partial charge < -0.3 is 10.4 Å². The Kier molecular flexibility index (Phi) is 5.46. The predicted octanol–water partition coefficient (Wildman–Crippen LogP) is 3.00. The van der Waals surface area contributed by atoms with E-state index < -0.39 is 5.97 Å². The SMILES string of the molecule is O=C(O)C[C@H](Cc1ccc(F)cc1)NCc1ccccc1. The number of halogens is 1. The number of hydrogen-bond acceptors (Lipinski definition) is 2. The molecule has 0 aliphatic carbocycles. The van der Waals surface area contributed by atoms with E-state index in [1.165, 1.54) is 12.1 Å². The molecule has 0 saturated carbocycles. The summed E-state index contributed by atoms with van der Waals surface area (Å²) in [5.74, 6) is -1.13. The van der Waals surface area contributed by atoms with Gasteiger partial charge in [0.1, 0.15) is 5.82 Å². The third-order valence-electron chi connectivity index (χ3n) is 3.25. The van der Waals surface area contributed by atoms with Crippen molar-refractivity contribution in [2.24, 2.45) is 0 Å². The number of carboxylic acids is 1. The molecule has 0 heterocycles. The molecule has 0 radical (unpaired) electrons. The Labute approximate surface area is 123 Å². The van der Waals surface area contributed by atoms with Crippen molar-refractivity contribution in [1.29, 1.82) is 0 Å². The second-order valence-corrected chi connectivity index (χ2v) is 4.99. The summed E-state index contributed by atoms with van der Waals surface area (Å²) in [6.07, 6.45) is 0.587. The summed E-state index contributed by atoms with van der Waals surface area (Å²) in [6.45, 7) is 0.611. The number of carboxylic acid groups (broad SMARTS) is 1. The minimum absolute atomic E-state index is 0.0320. The van der Waals surface area contributed by atoms with E-state index in [9.17, 15) is 9.18 Å². The van der Waals surface area contributed by atoms with E-state index in [-0.39, 0.29) is 18.3 Å². The smallest absolute Gasteiger partial charge is 0.304 e. The first-order valence-electron chi connectivity index (χ1n) is 6.87. The minimum Gasteiger partial charge on any atom is -0.481 e. The Bertz CT molecular complexity index is 569. The molecule has 21 heavy (non-hydrogen) atoms. The van der Waals surface area contributed by atoms with E-state index in [4.69, 9.17) is 5.11 Å². The van der Waals surface area contributed by atoms with Crippen LogP contribution >= 0.6 is 0 Å². The monoisotopic (exact) mass is 287 g/mol. The normalized spacial score (nSPS) is 12.0. The van der Waals surface area contributed by atoms with Gasteiger partial charge in [-0.25, -0.2) is 4.39 Å². The van der Waals surface area contributed by atoms with Crippen LogP contribution in [0.3, 0.4) is 0 Å². The molecule has 0 aliphatic rings. The van der Waals surface area contributed by atoms with Gasteiger partial charge in [0.2, 0.25) is 0 Å². The van der Waals surface area contributed by atoms with E-state index in [2.05, 4.69) is 5.32 Å². The van der Waals surface area contributed by atoms with Gasteiger partial charge in [0, 0.05) is 12.6 Å². The fourth-order valence-corrected chi connectivity index (χ4v) is 2.19. The molecule has 0 bridgehead atoms. The van der Waals surface area contributed by atoms with Gasteiger partial charge in [0.05, 0.1) is 6.42 Å². The van der Waals surface area contributed by atoms with Crippen LogP contribution in [0.4, 0.5) is 4.39 Å². The van der Waals surface area contributed by atoms with Crippen molar-refractivity contribution in [3.05, 3.63) is 71.5 Å². The average Bonchev–Trinajstić information content (AvgIpc) is 2.48. The van der Waals surface area contributed by atoms with Crippen molar-refractivity contribution in [2.45, 2.75) is 25.4 Å². The first-order valence-corrected chi connectivity index (χ1v) is 6.87. The maximum Gasteiger partial charge on any atom is 0.304 e. The lowest BCUT2D eigenvalue weighted by molar-refractivity contribution is -0.137. The number of aliphatic carboxylic acids is 1. The van der Waals surface area contributed by atoms with Crippen molar-refractivity contribution in [3.8, 4) is 0 Å². The van der Waals surface area contributed by atoms with Gasteiger partial charge >= 0.3 is 5.97 Å². The van der Waals surface area contributed by atoms with E-state index in [1.807, 2.05) is 30.3 Å². The van der Waals surface area contributed by atoms with Crippen LogP contribution in [0.2, 0.25) is 0 Å². The Morgan fingerprint density at radius 2 is 1.71 bits per heavy atom. The quantitative estimate of drug-likeness (QED) is 0.823. The van der Waals surface area contributed by atoms with Gasteiger partial charge in [-0.2, -0.15) is 0 Å². The number of nitrogens with one attached hydrogen (secondary N) is 1. The average molecular weight is 287 g/mol. The van der Waals surface area contributed by atoms with Crippen LogP contribution in [0.1, 0.15) is 17.5 Å². The van der Waals surface area contributed by atoms with Crippen molar-refractivity contribution in [3.63, 3.8) is 0 Å². The summed E-state index contributed by atoms with van der Waals surface area (Å²) >= 11 is 0. The molecule has 4 heteroatoms. The molecule has 110 valence electrons. The zero-order valence-electron chi connectivity index (χ0n) is 11.6. The summed E-state index contributed by atoms with van der Waals surface area (Å²) < 4.78 is 12.9. The maximum absolute atomic E-state index is 12.9. The molecule has 0 saturated heterocycles. The van der Waals surface area contributed by atoms with Gasteiger partial charge in [-0.15, -0.1) is 0 Å². The van der Waals surface area contributed by atoms with E-state index in [0.717, 1.165) is 11.1 Å². The second kappa shape index (κ2) is 7.55. The van der Waals surface area contributed by atoms with Gasteiger partial charge in [0.15, 0.2) is 0 Å². The van der Waals surface area contributed by atoms with Crippen LogP contribution in [0, 0.1) is 5.82 Å². The maximum atomic E-state index is 12.9. The Hall–Kier alpha value is -2.20. The van der Waals surface area contributed by atoms with E-state index >= 15 is 0 Å². The topological polar surface area (TPSA) is 49.3 Å². The molecule has 2 aromatic rings. The lowest BCUT2D eigenvalue weighted by Crippen LogP contribution is -2.33. The molecule has 0 fully saturated rings. The summed E-state index contributed by atoms with van der Waals surface area (Å²) in [5.41, 5.74) is 2.02. The Morgan fingerprint density at radius 1 is 1.05 bits per heavy atom. The molecular weight excluding hydrogens is 269 g/mol. The molecule has 2 N–H and O–H groups in total. The Balaban J connectivity index is 1.97.